The summed E-state index contributed by atoms with van der Waals surface area (Å²) < 4.78 is 49.1. The third-order valence-electron chi connectivity index (χ3n) is 1.33. The predicted molar refractivity (Wildman–Crippen MR) is 56.8 cm³/mol. The minimum absolute atomic E-state index is 0.131. The Hall–Kier alpha value is -1.50. The van der Waals surface area contributed by atoms with Crippen LogP contribution in [0.2, 0.25) is 0 Å². The SMILES string of the molecule is CC/C(=C/C(=O)OS(N)(=O)=O)C(=O)OS(N)(=O)=O. The average molecular weight is 302 g/mol. The smallest absolute Gasteiger partial charge is 0.330 e. The Morgan fingerprint density at radius 1 is 1.06 bits per heavy atom. The van der Waals surface area contributed by atoms with Crippen LogP contribution in [-0.4, -0.2) is 28.8 Å². The van der Waals surface area contributed by atoms with Gasteiger partial charge in [-0.25, -0.2) is 9.59 Å². The summed E-state index contributed by atoms with van der Waals surface area (Å²) >= 11 is 0. The zero-order valence-electron chi connectivity index (χ0n) is 9.02. The molecule has 0 aromatic rings. The van der Waals surface area contributed by atoms with Crippen molar-refractivity contribution >= 4 is 32.5 Å². The Balaban J connectivity index is 4.99. The monoisotopic (exact) mass is 302 g/mol. The molecule has 10 nitrogen and oxygen atoms in total. The van der Waals surface area contributed by atoms with E-state index in [1.807, 2.05) is 0 Å². The minimum Gasteiger partial charge on any atom is -0.330 e. The first-order chi connectivity index (χ1) is 7.94. The minimum atomic E-state index is -4.53. The van der Waals surface area contributed by atoms with Crippen LogP contribution in [0, 0.1) is 0 Å². The topological polar surface area (TPSA) is 173 Å². The van der Waals surface area contributed by atoms with E-state index in [0.29, 0.717) is 6.08 Å². The van der Waals surface area contributed by atoms with E-state index < -0.39 is 38.1 Å². The molecule has 0 aliphatic rings. The molecule has 0 spiro atoms. The summed E-state index contributed by atoms with van der Waals surface area (Å²) in [6.07, 6.45) is 0.298. The third-order valence-corrected chi connectivity index (χ3v) is 2.11. The van der Waals surface area contributed by atoms with Gasteiger partial charge in [-0.05, 0) is 6.42 Å². The Kier molecular flexibility index (Phi) is 5.41. The Labute approximate surface area is 103 Å². The molecule has 0 amide bonds. The quantitative estimate of drug-likeness (QED) is 0.539. The maximum absolute atomic E-state index is 11.2. The summed E-state index contributed by atoms with van der Waals surface area (Å²) in [5, 5.41) is 8.83. The van der Waals surface area contributed by atoms with Crippen LogP contribution in [0.1, 0.15) is 13.3 Å². The van der Waals surface area contributed by atoms with Crippen LogP contribution < -0.4 is 10.3 Å². The normalized spacial score (nSPS) is 12.9. The molecule has 0 unspecified atom stereocenters. The molecule has 12 heteroatoms. The molecule has 0 aromatic heterocycles. The van der Waals surface area contributed by atoms with Gasteiger partial charge >= 0.3 is 32.5 Å². The number of hydrogen-bond donors (Lipinski definition) is 2. The fraction of sp³-hybridized carbons (Fsp3) is 0.333. The van der Waals surface area contributed by atoms with Gasteiger partial charge in [0.25, 0.3) is 0 Å². The lowest BCUT2D eigenvalue weighted by atomic mass is 10.2. The van der Waals surface area contributed by atoms with Crippen molar-refractivity contribution in [3.8, 4) is 0 Å². The first-order valence-corrected chi connectivity index (χ1v) is 7.12. The summed E-state index contributed by atoms with van der Waals surface area (Å²) in [6, 6.07) is 0. The summed E-state index contributed by atoms with van der Waals surface area (Å²) in [6.45, 7) is 1.38. The Bertz CT molecular complexity index is 573. The second-order valence-corrected chi connectivity index (χ2v) is 5.09. The lowest BCUT2D eigenvalue weighted by Gasteiger charge is -2.03. The summed E-state index contributed by atoms with van der Waals surface area (Å²) in [4.78, 5) is 22.1. The van der Waals surface area contributed by atoms with Gasteiger partial charge in [0.1, 0.15) is 0 Å². The molecule has 0 atom stereocenters. The molecule has 0 fully saturated rings. The van der Waals surface area contributed by atoms with Crippen molar-refractivity contribution in [2.75, 3.05) is 0 Å². The fourth-order valence-corrected chi connectivity index (χ4v) is 1.34. The van der Waals surface area contributed by atoms with E-state index >= 15 is 0 Å². The van der Waals surface area contributed by atoms with Crippen LogP contribution >= 0.6 is 0 Å². The van der Waals surface area contributed by atoms with E-state index in [4.69, 9.17) is 0 Å². The molecule has 0 heterocycles. The molecule has 104 valence electrons. The maximum atomic E-state index is 11.2. The molecule has 0 bridgehead atoms. The highest BCUT2D eigenvalue weighted by Crippen LogP contribution is 2.06. The standard InChI is InChI=1S/C6H10N2O8S2/c1-2-4(6(10)16-18(8,13)14)3-5(9)15-17(7,11)12/h3H,2H2,1H3,(H2,7,11,12)(H2,8,13,14)/b4-3-. The molecule has 0 radical (unpaired) electrons. The fourth-order valence-electron chi connectivity index (χ4n) is 0.745. The van der Waals surface area contributed by atoms with E-state index in [2.05, 4.69) is 18.6 Å². The number of carbonyl (C=O) groups is 2. The second-order valence-electron chi connectivity index (χ2n) is 2.78. The van der Waals surface area contributed by atoms with Crippen LogP contribution in [-0.2, 0) is 38.6 Å². The zero-order valence-corrected chi connectivity index (χ0v) is 10.7. The lowest BCUT2D eigenvalue weighted by Crippen LogP contribution is -2.23. The van der Waals surface area contributed by atoms with E-state index in [0.717, 1.165) is 0 Å². The van der Waals surface area contributed by atoms with Gasteiger partial charge in [-0.3, -0.25) is 0 Å². The van der Waals surface area contributed by atoms with Crippen molar-refractivity contribution in [2.24, 2.45) is 10.3 Å². The van der Waals surface area contributed by atoms with Gasteiger partial charge in [0.2, 0.25) is 0 Å². The number of carbonyl (C=O) groups excluding carboxylic acids is 2. The van der Waals surface area contributed by atoms with Crippen molar-refractivity contribution in [3.05, 3.63) is 11.6 Å². The number of hydrogen-bond acceptors (Lipinski definition) is 8. The van der Waals surface area contributed by atoms with Gasteiger partial charge in [0, 0.05) is 11.6 Å². The number of rotatable bonds is 5. The van der Waals surface area contributed by atoms with Gasteiger partial charge in [0.15, 0.2) is 0 Å². The van der Waals surface area contributed by atoms with Crippen molar-refractivity contribution in [1.82, 2.24) is 0 Å². The van der Waals surface area contributed by atoms with Crippen LogP contribution in [0.3, 0.4) is 0 Å². The molecule has 0 aliphatic carbocycles. The lowest BCUT2D eigenvalue weighted by molar-refractivity contribution is -0.132. The van der Waals surface area contributed by atoms with E-state index in [1.54, 1.807) is 0 Å². The molecule has 0 aliphatic heterocycles. The van der Waals surface area contributed by atoms with Crippen molar-refractivity contribution in [1.29, 1.82) is 0 Å². The van der Waals surface area contributed by atoms with E-state index in [9.17, 15) is 26.4 Å². The van der Waals surface area contributed by atoms with Gasteiger partial charge < -0.3 is 8.37 Å². The van der Waals surface area contributed by atoms with Crippen molar-refractivity contribution in [3.63, 3.8) is 0 Å². The van der Waals surface area contributed by atoms with E-state index in [-0.39, 0.29) is 6.42 Å². The molecule has 0 rings (SSSR count). The van der Waals surface area contributed by atoms with Gasteiger partial charge in [-0.1, -0.05) is 6.92 Å². The highest BCUT2D eigenvalue weighted by Gasteiger charge is 2.18. The molecule has 18 heavy (non-hydrogen) atoms. The highest BCUT2D eigenvalue weighted by atomic mass is 32.2. The molecular weight excluding hydrogens is 292 g/mol. The zero-order chi connectivity index (χ0) is 14.6. The summed E-state index contributed by atoms with van der Waals surface area (Å²) in [5.41, 5.74) is -0.460. The maximum Gasteiger partial charge on any atom is 0.382 e. The largest absolute Gasteiger partial charge is 0.382 e. The van der Waals surface area contributed by atoms with E-state index in [1.165, 1.54) is 6.92 Å². The molecule has 0 aromatic carbocycles. The predicted octanol–water partition coefficient (Wildman–Crippen LogP) is -2.18. The van der Waals surface area contributed by atoms with Crippen LogP contribution in [0.25, 0.3) is 0 Å². The molecule has 4 N–H and O–H groups in total. The first-order valence-electron chi connectivity index (χ1n) is 4.18. The van der Waals surface area contributed by atoms with Crippen LogP contribution in [0.15, 0.2) is 11.6 Å². The Morgan fingerprint density at radius 2 is 1.50 bits per heavy atom. The first kappa shape index (κ1) is 16.5. The highest BCUT2D eigenvalue weighted by molar-refractivity contribution is 7.85. The average Bonchev–Trinajstić information content (AvgIpc) is 2.07. The Morgan fingerprint density at radius 3 is 1.83 bits per heavy atom. The van der Waals surface area contributed by atoms with Crippen molar-refractivity contribution < 1.29 is 34.8 Å². The third kappa shape index (κ3) is 7.72. The van der Waals surface area contributed by atoms with Crippen LogP contribution in [0.5, 0.6) is 0 Å². The summed E-state index contributed by atoms with van der Waals surface area (Å²) in [5.74, 6) is -2.90. The van der Waals surface area contributed by atoms with Crippen molar-refractivity contribution in [2.45, 2.75) is 13.3 Å². The summed E-state index contributed by atoms with van der Waals surface area (Å²) in [7, 11) is -9.06. The number of nitrogens with two attached hydrogens (primary N) is 2. The molecular formula is C6H10N2O8S2. The second kappa shape index (κ2) is 5.90. The van der Waals surface area contributed by atoms with Gasteiger partial charge in [0.05, 0.1) is 0 Å². The van der Waals surface area contributed by atoms with Gasteiger partial charge in [-0.2, -0.15) is 27.1 Å². The van der Waals surface area contributed by atoms with Gasteiger partial charge in [-0.15, -0.1) is 0 Å². The van der Waals surface area contributed by atoms with Crippen LogP contribution in [0.4, 0.5) is 0 Å². The molecule has 0 saturated heterocycles. The molecule has 0 saturated carbocycles.